The third kappa shape index (κ3) is 3.90. The summed E-state index contributed by atoms with van der Waals surface area (Å²) in [5.41, 5.74) is 6.33. The molecule has 5 nitrogen and oxygen atoms in total. The molecule has 4 N–H and O–H groups in total. The Kier molecular flexibility index (Phi) is 6.13. The standard InChI is InChI=1S/C24H42N4O/c1-23-12-4-3-6-17(23)7-9-19-20-10-8-18(24(20,2)13-11-21(19)23)16-28-29-15-5-14-27-22(25)26/h16-21H,3-15H2,1-2H3,(H4,25,26,27)/b28-16+/t17-,18+,19-,20-,21-,23-,24+/m0/s1. The first-order valence-electron chi connectivity index (χ1n) is 12.2. The van der Waals surface area contributed by atoms with E-state index in [4.69, 9.17) is 16.0 Å². The van der Waals surface area contributed by atoms with Gasteiger partial charge in [-0.05, 0) is 85.9 Å². The molecule has 4 aliphatic rings. The van der Waals surface area contributed by atoms with Gasteiger partial charge in [-0.15, -0.1) is 0 Å². The molecule has 5 heteroatoms. The molecule has 4 fully saturated rings. The quantitative estimate of drug-likeness (QED) is 0.255. The van der Waals surface area contributed by atoms with E-state index in [0.717, 1.165) is 30.1 Å². The molecule has 4 aliphatic carbocycles. The predicted molar refractivity (Wildman–Crippen MR) is 119 cm³/mol. The molecule has 0 aromatic carbocycles. The smallest absolute Gasteiger partial charge is 0.185 e. The van der Waals surface area contributed by atoms with Gasteiger partial charge in [-0.25, -0.2) is 0 Å². The number of nitrogens with one attached hydrogen (secondary N) is 2. The lowest BCUT2D eigenvalue weighted by Crippen LogP contribution is -2.52. The van der Waals surface area contributed by atoms with Crippen molar-refractivity contribution in [3.8, 4) is 0 Å². The molecule has 7 atom stereocenters. The summed E-state index contributed by atoms with van der Waals surface area (Å²) in [6.07, 6.45) is 17.3. The van der Waals surface area contributed by atoms with Crippen molar-refractivity contribution in [2.24, 2.45) is 51.3 Å². The van der Waals surface area contributed by atoms with E-state index in [1.165, 1.54) is 64.2 Å². The average molecular weight is 403 g/mol. The maximum absolute atomic E-state index is 7.15. The number of hydrogen-bond acceptors (Lipinski definition) is 3. The van der Waals surface area contributed by atoms with Gasteiger partial charge >= 0.3 is 0 Å². The van der Waals surface area contributed by atoms with Crippen molar-refractivity contribution >= 4 is 12.2 Å². The molecule has 29 heavy (non-hydrogen) atoms. The van der Waals surface area contributed by atoms with Gasteiger partial charge in [0.1, 0.15) is 6.61 Å². The van der Waals surface area contributed by atoms with Crippen LogP contribution in [-0.2, 0) is 4.84 Å². The normalized spacial score (nSPS) is 44.0. The minimum atomic E-state index is 0.0187. The largest absolute Gasteiger partial charge is 0.396 e. The number of hydrogen-bond donors (Lipinski definition) is 3. The highest BCUT2D eigenvalue weighted by Gasteiger charge is 2.59. The molecule has 0 bridgehead atoms. The second-order valence-corrected chi connectivity index (χ2v) is 10.9. The van der Waals surface area contributed by atoms with Gasteiger partial charge in [-0.2, -0.15) is 0 Å². The number of guanidine groups is 1. The topological polar surface area (TPSA) is 83.5 Å². The van der Waals surface area contributed by atoms with Gasteiger partial charge in [0.15, 0.2) is 5.96 Å². The zero-order chi connectivity index (χ0) is 20.5. The van der Waals surface area contributed by atoms with Gasteiger partial charge < -0.3 is 15.9 Å². The fraction of sp³-hybridized carbons (Fsp3) is 0.917. The van der Waals surface area contributed by atoms with E-state index in [9.17, 15) is 0 Å². The Labute approximate surface area is 177 Å². The second-order valence-electron chi connectivity index (χ2n) is 10.9. The average Bonchev–Trinajstić information content (AvgIpc) is 3.03. The number of nitrogens with two attached hydrogens (primary N) is 1. The van der Waals surface area contributed by atoms with Gasteiger partial charge in [0.05, 0.1) is 0 Å². The van der Waals surface area contributed by atoms with Crippen molar-refractivity contribution in [1.29, 1.82) is 5.41 Å². The summed E-state index contributed by atoms with van der Waals surface area (Å²) in [6.45, 7) is 6.47. The fourth-order valence-electron chi connectivity index (χ4n) is 8.11. The van der Waals surface area contributed by atoms with Crippen molar-refractivity contribution in [2.75, 3.05) is 13.2 Å². The first kappa shape index (κ1) is 21.0. The summed E-state index contributed by atoms with van der Waals surface area (Å²) < 4.78 is 0. The van der Waals surface area contributed by atoms with E-state index in [1.54, 1.807) is 0 Å². The van der Waals surface area contributed by atoms with Crippen LogP contribution in [0.15, 0.2) is 5.16 Å². The highest BCUT2D eigenvalue weighted by molar-refractivity contribution is 5.74. The van der Waals surface area contributed by atoms with Crippen LogP contribution < -0.4 is 11.1 Å². The van der Waals surface area contributed by atoms with Crippen LogP contribution in [0.1, 0.15) is 84.5 Å². The Morgan fingerprint density at radius 2 is 1.90 bits per heavy atom. The Morgan fingerprint density at radius 3 is 2.72 bits per heavy atom. The first-order valence-corrected chi connectivity index (χ1v) is 12.2. The van der Waals surface area contributed by atoms with Crippen molar-refractivity contribution in [2.45, 2.75) is 84.5 Å². The van der Waals surface area contributed by atoms with Crippen molar-refractivity contribution < 1.29 is 4.84 Å². The molecule has 0 unspecified atom stereocenters. The predicted octanol–water partition coefficient (Wildman–Crippen LogP) is 4.91. The van der Waals surface area contributed by atoms with E-state index in [2.05, 4.69) is 30.5 Å². The van der Waals surface area contributed by atoms with Crippen LogP contribution in [0.2, 0.25) is 0 Å². The minimum absolute atomic E-state index is 0.0187. The van der Waals surface area contributed by atoms with Gasteiger partial charge in [-0.1, -0.05) is 31.8 Å². The zero-order valence-electron chi connectivity index (χ0n) is 18.6. The lowest BCUT2D eigenvalue weighted by atomic mass is 9.45. The van der Waals surface area contributed by atoms with Crippen molar-refractivity contribution in [3.63, 3.8) is 0 Å². The van der Waals surface area contributed by atoms with Crippen LogP contribution >= 0.6 is 0 Å². The third-order valence-corrected chi connectivity index (χ3v) is 9.70. The maximum atomic E-state index is 7.15. The number of fused-ring (bicyclic) bond motifs is 5. The summed E-state index contributed by atoms with van der Waals surface area (Å²) in [5, 5.41) is 14.3. The summed E-state index contributed by atoms with van der Waals surface area (Å²) in [6, 6.07) is 0. The van der Waals surface area contributed by atoms with Gasteiger partial charge in [0.2, 0.25) is 0 Å². The molecule has 4 rings (SSSR count). The Bertz CT molecular complexity index is 622. The van der Waals surface area contributed by atoms with Gasteiger partial charge in [-0.3, -0.25) is 5.41 Å². The van der Waals surface area contributed by atoms with E-state index < -0.39 is 0 Å². The van der Waals surface area contributed by atoms with E-state index in [1.807, 2.05) is 0 Å². The lowest BCUT2D eigenvalue weighted by molar-refractivity contribution is -0.106. The molecule has 0 radical (unpaired) electrons. The number of nitrogens with zero attached hydrogens (tertiary/aromatic N) is 1. The van der Waals surface area contributed by atoms with Gasteiger partial charge in [0.25, 0.3) is 0 Å². The highest BCUT2D eigenvalue weighted by atomic mass is 16.6. The molecule has 0 aromatic rings. The Hall–Kier alpha value is -1.26. The van der Waals surface area contributed by atoms with Gasteiger partial charge in [0, 0.05) is 25.1 Å². The molecule has 0 aliphatic heterocycles. The number of oxime groups is 1. The Balaban J connectivity index is 1.34. The molecule has 164 valence electrons. The van der Waals surface area contributed by atoms with Crippen LogP contribution in [0.3, 0.4) is 0 Å². The van der Waals surface area contributed by atoms with Crippen LogP contribution in [0.4, 0.5) is 0 Å². The molecule has 0 heterocycles. The SMILES string of the molecule is C[C@]12CCCC[C@H]1CC[C@@H]1[C@@H]2CC[C@]2(C)[C@@H](/C=N/OCCCNC(=N)N)CC[C@@H]12. The molecule has 0 saturated heterocycles. The Morgan fingerprint density at radius 1 is 1.07 bits per heavy atom. The van der Waals surface area contributed by atoms with Crippen molar-refractivity contribution in [1.82, 2.24) is 5.32 Å². The summed E-state index contributed by atoms with van der Waals surface area (Å²) >= 11 is 0. The van der Waals surface area contributed by atoms with Crippen LogP contribution in [0.5, 0.6) is 0 Å². The monoisotopic (exact) mass is 402 g/mol. The summed E-state index contributed by atoms with van der Waals surface area (Å²) in [5.74, 6) is 4.40. The fourth-order valence-corrected chi connectivity index (χ4v) is 8.11. The molecule has 4 saturated carbocycles. The first-order chi connectivity index (χ1) is 13.9. The molecular weight excluding hydrogens is 360 g/mol. The second kappa shape index (κ2) is 8.47. The maximum Gasteiger partial charge on any atom is 0.185 e. The lowest BCUT2D eigenvalue weighted by Gasteiger charge is -2.60. The summed E-state index contributed by atoms with van der Waals surface area (Å²) in [7, 11) is 0. The van der Waals surface area contributed by atoms with Crippen LogP contribution in [0.25, 0.3) is 0 Å². The highest BCUT2D eigenvalue weighted by Crippen LogP contribution is 2.67. The minimum Gasteiger partial charge on any atom is -0.396 e. The van der Waals surface area contributed by atoms with E-state index >= 15 is 0 Å². The summed E-state index contributed by atoms with van der Waals surface area (Å²) in [4.78, 5) is 5.51. The third-order valence-electron chi connectivity index (χ3n) is 9.70. The number of rotatable bonds is 6. The van der Waals surface area contributed by atoms with Crippen LogP contribution in [-0.4, -0.2) is 25.3 Å². The zero-order valence-corrected chi connectivity index (χ0v) is 18.6. The van der Waals surface area contributed by atoms with Crippen molar-refractivity contribution in [3.05, 3.63) is 0 Å². The van der Waals surface area contributed by atoms with E-state index in [0.29, 0.717) is 29.9 Å². The molecule has 0 spiro atoms. The molecule has 0 aromatic heterocycles. The molecular formula is C24H42N4O. The van der Waals surface area contributed by atoms with Crippen LogP contribution in [0, 0.1) is 45.8 Å². The molecule has 0 amide bonds. The van der Waals surface area contributed by atoms with E-state index in [-0.39, 0.29) is 5.96 Å².